The first-order valence-corrected chi connectivity index (χ1v) is 7.28. The molecule has 19 heavy (non-hydrogen) atoms. The third-order valence-corrected chi connectivity index (χ3v) is 3.40. The molecule has 106 valence electrons. The minimum atomic E-state index is -0.0248. The molecule has 1 N–H and O–H groups in total. The summed E-state index contributed by atoms with van der Waals surface area (Å²) in [6, 6.07) is 2.74. The van der Waals surface area contributed by atoms with Crippen LogP contribution in [-0.2, 0) is 5.41 Å². The van der Waals surface area contributed by atoms with E-state index < -0.39 is 0 Å². The van der Waals surface area contributed by atoms with Crippen LogP contribution in [0.2, 0.25) is 0 Å². The van der Waals surface area contributed by atoms with Crippen LogP contribution >= 0.6 is 0 Å². The van der Waals surface area contributed by atoms with Gasteiger partial charge >= 0.3 is 0 Å². The molecule has 1 aromatic rings. The second-order valence-corrected chi connectivity index (χ2v) is 6.45. The molecule has 1 heterocycles. The van der Waals surface area contributed by atoms with Gasteiger partial charge in [0.25, 0.3) is 0 Å². The van der Waals surface area contributed by atoms with E-state index in [0.29, 0.717) is 6.04 Å². The summed E-state index contributed by atoms with van der Waals surface area (Å²) in [4.78, 5) is 11.7. The summed E-state index contributed by atoms with van der Waals surface area (Å²) >= 11 is 0. The van der Waals surface area contributed by atoms with Crippen LogP contribution in [0, 0.1) is 0 Å². The van der Waals surface area contributed by atoms with Crippen LogP contribution in [-0.4, -0.2) is 29.6 Å². The fourth-order valence-corrected chi connectivity index (χ4v) is 1.94. The predicted molar refractivity (Wildman–Crippen MR) is 80.9 cm³/mol. The van der Waals surface area contributed by atoms with E-state index in [1.165, 1.54) is 12.8 Å². The van der Waals surface area contributed by atoms with Gasteiger partial charge in [0.2, 0.25) is 0 Å². The molecule has 1 fully saturated rings. The highest BCUT2D eigenvalue weighted by Crippen LogP contribution is 2.31. The van der Waals surface area contributed by atoms with Crippen molar-refractivity contribution in [2.45, 2.75) is 58.4 Å². The summed E-state index contributed by atoms with van der Waals surface area (Å²) in [5, 5.41) is 3.38. The van der Waals surface area contributed by atoms with Crippen LogP contribution in [0.4, 0.5) is 11.6 Å². The molecule has 0 amide bonds. The molecule has 4 heteroatoms. The van der Waals surface area contributed by atoms with Gasteiger partial charge in [-0.2, -0.15) is 0 Å². The van der Waals surface area contributed by atoms with Gasteiger partial charge in [0.05, 0.1) is 0 Å². The fraction of sp³-hybridized carbons (Fsp3) is 0.733. The van der Waals surface area contributed by atoms with Gasteiger partial charge in [0.1, 0.15) is 17.5 Å². The van der Waals surface area contributed by atoms with Crippen molar-refractivity contribution in [1.82, 2.24) is 9.97 Å². The fourth-order valence-electron chi connectivity index (χ4n) is 1.94. The lowest BCUT2D eigenvalue weighted by Crippen LogP contribution is -2.24. The maximum atomic E-state index is 4.75. The first-order valence-electron chi connectivity index (χ1n) is 7.28. The Morgan fingerprint density at radius 3 is 2.53 bits per heavy atom. The van der Waals surface area contributed by atoms with Gasteiger partial charge < -0.3 is 10.2 Å². The molecule has 0 atom stereocenters. The van der Waals surface area contributed by atoms with Crippen LogP contribution in [0.25, 0.3) is 0 Å². The molecule has 1 saturated carbocycles. The Morgan fingerprint density at radius 1 is 1.32 bits per heavy atom. The summed E-state index contributed by atoms with van der Waals surface area (Å²) in [5.74, 6) is 2.90. The van der Waals surface area contributed by atoms with Crippen molar-refractivity contribution in [3.8, 4) is 0 Å². The average Bonchev–Trinajstić information content (AvgIpc) is 3.18. The third-order valence-electron chi connectivity index (χ3n) is 3.40. The highest BCUT2D eigenvalue weighted by Gasteiger charge is 2.28. The van der Waals surface area contributed by atoms with Crippen molar-refractivity contribution < 1.29 is 0 Å². The van der Waals surface area contributed by atoms with E-state index in [9.17, 15) is 0 Å². The van der Waals surface area contributed by atoms with Crippen LogP contribution < -0.4 is 10.2 Å². The minimum absolute atomic E-state index is 0.0248. The molecule has 0 bridgehead atoms. The normalized spacial score (nSPS) is 15.4. The van der Waals surface area contributed by atoms with E-state index in [2.05, 4.69) is 56.0 Å². The van der Waals surface area contributed by atoms with E-state index in [0.717, 1.165) is 30.4 Å². The van der Waals surface area contributed by atoms with Crippen molar-refractivity contribution >= 4 is 11.6 Å². The molecule has 2 rings (SSSR count). The Bertz CT molecular complexity index is 432. The van der Waals surface area contributed by atoms with Gasteiger partial charge in [0, 0.05) is 31.1 Å². The number of anilines is 2. The molecule has 0 aromatic carbocycles. The van der Waals surface area contributed by atoms with Gasteiger partial charge in [0.15, 0.2) is 0 Å². The van der Waals surface area contributed by atoms with Crippen molar-refractivity contribution in [3.05, 3.63) is 11.9 Å². The monoisotopic (exact) mass is 262 g/mol. The second kappa shape index (κ2) is 5.35. The van der Waals surface area contributed by atoms with Crippen LogP contribution in [0.3, 0.4) is 0 Å². The maximum Gasteiger partial charge on any atom is 0.138 e. The Balaban J connectivity index is 2.30. The highest BCUT2D eigenvalue weighted by atomic mass is 15.2. The quantitative estimate of drug-likeness (QED) is 0.884. The van der Waals surface area contributed by atoms with Gasteiger partial charge in [-0.15, -0.1) is 0 Å². The first kappa shape index (κ1) is 14.1. The summed E-state index contributed by atoms with van der Waals surface area (Å²) in [6.45, 7) is 9.59. The number of nitrogens with one attached hydrogen (secondary N) is 1. The molecule has 0 saturated heterocycles. The Labute approximate surface area is 116 Å². The van der Waals surface area contributed by atoms with Gasteiger partial charge in [-0.25, -0.2) is 9.97 Å². The summed E-state index contributed by atoms with van der Waals surface area (Å²) in [5.41, 5.74) is -0.0248. The number of rotatable bonds is 5. The Kier molecular flexibility index (Phi) is 3.97. The molecular formula is C15H26N4. The van der Waals surface area contributed by atoms with E-state index in [1.54, 1.807) is 0 Å². The smallest absolute Gasteiger partial charge is 0.138 e. The largest absolute Gasteiger partial charge is 0.370 e. The maximum absolute atomic E-state index is 4.75. The molecule has 4 nitrogen and oxygen atoms in total. The molecule has 0 unspecified atom stereocenters. The van der Waals surface area contributed by atoms with Crippen molar-refractivity contribution in [2.24, 2.45) is 0 Å². The van der Waals surface area contributed by atoms with Crippen molar-refractivity contribution in [2.75, 3.05) is 23.8 Å². The lowest BCUT2D eigenvalue weighted by atomic mass is 9.96. The summed E-state index contributed by atoms with van der Waals surface area (Å²) in [6.07, 6.45) is 3.66. The third kappa shape index (κ3) is 3.58. The summed E-state index contributed by atoms with van der Waals surface area (Å²) in [7, 11) is 2.13. The van der Waals surface area contributed by atoms with Gasteiger partial charge in [-0.1, -0.05) is 27.7 Å². The van der Waals surface area contributed by atoms with E-state index in [1.807, 2.05) is 0 Å². The Hall–Kier alpha value is -1.32. The number of nitrogens with zero attached hydrogens (tertiary/aromatic N) is 3. The molecule has 1 aliphatic carbocycles. The van der Waals surface area contributed by atoms with E-state index in [-0.39, 0.29) is 5.41 Å². The van der Waals surface area contributed by atoms with Gasteiger partial charge in [-0.3, -0.25) is 0 Å². The summed E-state index contributed by atoms with van der Waals surface area (Å²) < 4.78 is 0. The zero-order valence-electron chi connectivity index (χ0n) is 12.8. The highest BCUT2D eigenvalue weighted by molar-refractivity contribution is 5.51. The van der Waals surface area contributed by atoms with Crippen LogP contribution in [0.15, 0.2) is 6.07 Å². The first-order chi connectivity index (χ1) is 8.91. The standard InChI is InChI=1S/C15H26N4/c1-6-9-16-12-10-13(19(5)11-7-8-11)18-14(17-12)15(2,3)4/h10-11H,6-9H2,1-5H3,(H,16,17,18). The topological polar surface area (TPSA) is 41.0 Å². The zero-order chi connectivity index (χ0) is 14.0. The molecule has 0 aliphatic heterocycles. The zero-order valence-corrected chi connectivity index (χ0v) is 12.8. The molecular weight excluding hydrogens is 236 g/mol. The molecule has 1 aliphatic rings. The molecule has 0 spiro atoms. The average molecular weight is 262 g/mol. The van der Waals surface area contributed by atoms with Crippen molar-refractivity contribution in [3.63, 3.8) is 0 Å². The number of aromatic nitrogens is 2. The van der Waals surface area contributed by atoms with Gasteiger partial charge in [-0.05, 0) is 19.3 Å². The number of hydrogen-bond donors (Lipinski definition) is 1. The molecule has 1 aromatic heterocycles. The Morgan fingerprint density at radius 2 is 2.00 bits per heavy atom. The minimum Gasteiger partial charge on any atom is -0.370 e. The molecule has 0 radical (unpaired) electrons. The van der Waals surface area contributed by atoms with E-state index >= 15 is 0 Å². The van der Waals surface area contributed by atoms with Crippen LogP contribution in [0.5, 0.6) is 0 Å². The van der Waals surface area contributed by atoms with E-state index in [4.69, 9.17) is 4.98 Å². The second-order valence-electron chi connectivity index (χ2n) is 6.45. The predicted octanol–water partition coefficient (Wildman–Crippen LogP) is 3.19. The lowest BCUT2D eigenvalue weighted by molar-refractivity contribution is 0.545. The lowest BCUT2D eigenvalue weighted by Gasteiger charge is -2.23. The van der Waals surface area contributed by atoms with Crippen LogP contribution in [0.1, 0.15) is 52.8 Å². The SMILES string of the molecule is CCCNc1cc(N(C)C2CC2)nc(C(C)(C)C)n1. The van der Waals surface area contributed by atoms with Crippen molar-refractivity contribution in [1.29, 1.82) is 0 Å². The number of hydrogen-bond acceptors (Lipinski definition) is 4.